The van der Waals surface area contributed by atoms with Gasteiger partial charge in [0.05, 0.1) is 10.5 Å². The zero-order valence-corrected chi connectivity index (χ0v) is 22.3. The van der Waals surface area contributed by atoms with Gasteiger partial charge in [0.15, 0.2) is 0 Å². The van der Waals surface area contributed by atoms with Gasteiger partial charge in [0.1, 0.15) is 0 Å². The second kappa shape index (κ2) is 12.8. The van der Waals surface area contributed by atoms with E-state index in [1.165, 1.54) is 11.8 Å². The minimum absolute atomic E-state index is 0.256. The molecule has 0 aromatic heterocycles. The number of rotatable bonds is 12. The van der Waals surface area contributed by atoms with E-state index in [0.29, 0.717) is 0 Å². The Morgan fingerprint density at radius 2 is 1.16 bits per heavy atom. The second-order valence-corrected chi connectivity index (χ2v) is 15.0. The molecule has 6 heteroatoms. The fourth-order valence-electron chi connectivity index (χ4n) is 3.60. The van der Waals surface area contributed by atoms with Crippen LogP contribution in [0, 0.1) is 60.9 Å². The van der Waals surface area contributed by atoms with E-state index in [2.05, 4.69) is 30.6 Å². The normalized spacial score (nSPS) is 22.2. The molecular formula is C26H41NO3S2. The van der Waals surface area contributed by atoms with Crippen LogP contribution in [0.15, 0.2) is 0 Å². The molecule has 2 fully saturated rings. The Labute approximate surface area is 203 Å². The first-order valence-corrected chi connectivity index (χ1v) is 13.9. The maximum Gasteiger partial charge on any atom is 0.0713 e. The van der Waals surface area contributed by atoms with Crippen molar-refractivity contribution >= 4 is 21.6 Å². The fraction of sp³-hybridized carbons (Fsp3) is 0.615. The lowest BCUT2D eigenvalue weighted by molar-refractivity contribution is 0.273. The SMILES string of the molecule is CC(C)(C)S(=O)[C]1[CH][CH][C](CN(CCCCCCO)C[C]2[CH][CH][C](S(=O)C(C)(C)C)[CH]2)[CH]1. The molecule has 0 spiro atoms. The number of hydrogen-bond acceptors (Lipinski definition) is 4. The van der Waals surface area contributed by atoms with E-state index in [0.717, 1.165) is 55.8 Å². The van der Waals surface area contributed by atoms with E-state index in [1.807, 2.05) is 54.4 Å². The number of nitrogens with zero attached hydrogens (tertiary/aromatic N) is 1. The smallest absolute Gasteiger partial charge is 0.0713 e. The first-order chi connectivity index (χ1) is 14.9. The highest BCUT2D eigenvalue weighted by Gasteiger charge is 2.39. The molecule has 4 nitrogen and oxygen atoms in total. The fourth-order valence-corrected chi connectivity index (χ4v) is 5.92. The molecule has 2 saturated carbocycles. The molecule has 0 amide bonds. The zero-order chi connectivity index (χ0) is 23.9. The summed E-state index contributed by atoms with van der Waals surface area (Å²) in [6, 6.07) is 0. The van der Waals surface area contributed by atoms with Gasteiger partial charge >= 0.3 is 0 Å². The van der Waals surface area contributed by atoms with Crippen LogP contribution in [0.1, 0.15) is 67.2 Å². The van der Waals surface area contributed by atoms with E-state index < -0.39 is 21.6 Å². The minimum Gasteiger partial charge on any atom is -0.396 e. The number of aliphatic hydroxyl groups excluding tert-OH is 1. The predicted molar refractivity (Wildman–Crippen MR) is 137 cm³/mol. The lowest BCUT2D eigenvalue weighted by Crippen LogP contribution is -2.33. The van der Waals surface area contributed by atoms with E-state index in [9.17, 15) is 8.42 Å². The highest BCUT2D eigenvalue weighted by molar-refractivity contribution is 7.90. The van der Waals surface area contributed by atoms with Gasteiger partial charge in [0.2, 0.25) is 0 Å². The van der Waals surface area contributed by atoms with Gasteiger partial charge in [-0.3, -0.25) is 8.42 Å². The van der Waals surface area contributed by atoms with Gasteiger partial charge in [0.25, 0.3) is 0 Å². The van der Waals surface area contributed by atoms with Crippen LogP contribution in [0.4, 0.5) is 0 Å². The summed E-state index contributed by atoms with van der Waals surface area (Å²) in [5, 5.41) is 10.8. The Hall–Kier alpha value is 0.220. The molecule has 2 aliphatic rings. The molecule has 10 radical (unpaired) electrons. The van der Waals surface area contributed by atoms with Crippen molar-refractivity contribution in [1.82, 2.24) is 4.90 Å². The number of unbranched alkanes of at least 4 members (excludes halogenated alkanes) is 3. The zero-order valence-electron chi connectivity index (χ0n) is 20.6. The van der Waals surface area contributed by atoms with Gasteiger partial charge in [-0.25, -0.2) is 0 Å². The van der Waals surface area contributed by atoms with E-state index in [4.69, 9.17) is 5.11 Å². The molecule has 32 heavy (non-hydrogen) atoms. The van der Waals surface area contributed by atoms with Crippen molar-refractivity contribution in [2.24, 2.45) is 0 Å². The van der Waals surface area contributed by atoms with Gasteiger partial charge in [0, 0.05) is 50.8 Å². The molecule has 180 valence electrons. The monoisotopic (exact) mass is 479 g/mol. The van der Waals surface area contributed by atoms with Crippen molar-refractivity contribution in [3.63, 3.8) is 0 Å². The van der Waals surface area contributed by atoms with Crippen LogP contribution in [-0.2, 0) is 21.6 Å². The Balaban J connectivity index is 1.90. The van der Waals surface area contributed by atoms with Crippen molar-refractivity contribution in [3.05, 3.63) is 60.9 Å². The highest BCUT2D eigenvalue weighted by Crippen LogP contribution is 2.40. The summed E-state index contributed by atoms with van der Waals surface area (Å²) in [7, 11) is -2.06. The van der Waals surface area contributed by atoms with Crippen molar-refractivity contribution in [2.75, 3.05) is 26.2 Å². The molecule has 1 N–H and O–H groups in total. The molecule has 2 unspecified atom stereocenters. The maximum atomic E-state index is 12.7. The van der Waals surface area contributed by atoms with Crippen LogP contribution >= 0.6 is 0 Å². The van der Waals surface area contributed by atoms with Crippen LogP contribution in [0.5, 0.6) is 0 Å². The van der Waals surface area contributed by atoms with Crippen LogP contribution < -0.4 is 0 Å². The number of aliphatic hydroxyl groups is 1. The Morgan fingerprint density at radius 3 is 1.56 bits per heavy atom. The maximum absolute atomic E-state index is 12.7. The summed E-state index contributed by atoms with van der Waals surface area (Å²) in [5.41, 5.74) is 0. The standard InChI is InChI=1S/C26H41NO3S2/c1-25(2,3)31(29)23-13-11-21(17-23)19-27(15-9-7-8-10-16-28)20-22-12-14-24(18-22)32(30)26(4,5)6/h11-14,17-18,28H,7-10,15-16,19-20H2,1-6H3. The van der Waals surface area contributed by atoms with Gasteiger partial charge in [-0.1, -0.05) is 12.8 Å². The molecule has 0 aromatic rings. The van der Waals surface area contributed by atoms with Crippen LogP contribution in [-0.4, -0.2) is 54.2 Å². The average Bonchev–Trinajstić information content (AvgIpc) is 3.34. The van der Waals surface area contributed by atoms with E-state index in [-0.39, 0.29) is 16.1 Å². The molecule has 0 aromatic carbocycles. The summed E-state index contributed by atoms with van der Waals surface area (Å²) in [5.74, 6) is 2.36. The van der Waals surface area contributed by atoms with Crippen LogP contribution in [0.2, 0.25) is 0 Å². The Bertz CT molecular complexity index is 565. The first kappa shape index (κ1) is 28.5. The third kappa shape index (κ3) is 9.11. The summed E-state index contributed by atoms with van der Waals surface area (Å²) in [6.07, 6.45) is 16.4. The minimum atomic E-state index is -1.03. The van der Waals surface area contributed by atoms with Crippen molar-refractivity contribution in [3.8, 4) is 0 Å². The molecule has 0 bridgehead atoms. The molecule has 0 heterocycles. The topological polar surface area (TPSA) is 57.6 Å². The molecule has 0 aliphatic heterocycles. The number of hydrogen-bond donors (Lipinski definition) is 1. The Kier molecular flexibility index (Phi) is 11.4. The molecule has 2 aliphatic carbocycles. The van der Waals surface area contributed by atoms with Gasteiger partial charge in [-0.15, -0.1) is 0 Å². The summed E-state index contributed by atoms with van der Waals surface area (Å²) < 4.78 is 24.9. The molecule has 2 atom stereocenters. The quantitative estimate of drug-likeness (QED) is 0.422. The van der Waals surface area contributed by atoms with E-state index in [1.54, 1.807) is 0 Å². The van der Waals surface area contributed by atoms with Crippen molar-refractivity contribution in [1.29, 1.82) is 0 Å². The Morgan fingerprint density at radius 1 is 0.719 bits per heavy atom. The van der Waals surface area contributed by atoms with Gasteiger partial charge in [-0.05, 0) is 111 Å². The molecular weight excluding hydrogens is 438 g/mol. The third-order valence-electron chi connectivity index (χ3n) is 5.31. The van der Waals surface area contributed by atoms with Crippen molar-refractivity contribution in [2.45, 2.75) is 76.7 Å². The summed E-state index contributed by atoms with van der Waals surface area (Å²) in [4.78, 5) is 2.41. The van der Waals surface area contributed by atoms with Gasteiger partial charge < -0.3 is 10.0 Å². The first-order valence-electron chi connectivity index (χ1n) is 11.6. The highest BCUT2D eigenvalue weighted by atomic mass is 32.2. The third-order valence-corrected chi connectivity index (χ3v) is 8.90. The summed E-state index contributed by atoms with van der Waals surface area (Å²) >= 11 is 0. The van der Waals surface area contributed by atoms with Gasteiger partial charge in [-0.2, -0.15) is 0 Å². The predicted octanol–water partition coefficient (Wildman–Crippen LogP) is 4.40. The van der Waals surface area contributed by atoms with E-state index >= 15 is 0 Å². The lowest BCUT2D eigenvalue weighted by Gasteiger charge is -2.28. The average molecular weight is 480 g/mol. The van der Waals surface area contributed by atoms with Crippen LogP contribution in [0.3, 0.4) is 0 Å². The molecule has 0 saturated heterocycles. The second-order valence-electron chi connectivity index (χ2n) is 10.5. The molecule has 2 rings (SSSR count). The van der Waals surface area contributed by atoms with Crippen LogP contribution in [0.25, 0.3) is 0 Å². The largest absolute Gasteiger partial charge is 0.396 e. The van der Waals surface area contributed by atoms with Crippen molar-refractivity contribution < 1.29 is 13.5 Å². The summed E-state index contributed by atoms with van der Waals surface area (Å²) in [6.45, 7) is 14.8. The lowest BCUT2D eigenvalue weighted by atomic mass is 10.0.